The van der Waals surface area contributed by atoms with Crippen molar-refractivity contribution < 1.29 is 0 Å². The molecule has 2 aliphatic rings. The quantitative estimate of drug-likeness (QED) is 0.136. The standard InChI is InChI=1S/2C16H27N2.2C3H7.2CH3.2In/c2*1-5-17(6-2)13-15-10-9-11-16(12-15)14-18(7-3)8-4;2*1-3-2;;;;/h2*9-10,12-14H,5-8,11H2,1-4H3;2*1,3H2,2H3;2*1H3;;. The van der Waals surface area contributed by atoms with Gasteiger partial charge in [0.2, 0.25) is 0 Å². The predicted molar refractivity (Wildman–Crippen MR) is 212 cm³/mol. The second kappa shape index (κ2) is 25.4. The minimum absolute atomic E-state index is 0.762. The zero-order valence-corrected chi connectivity index (χ0v) is 39.2. The molecular weight excluding hydrogens is 766 g/mol. The van der Waals surface area contributed by atoms with Crippen LogP contribution < -0.4 is 0 Å². The molecule has 0 aromatic heterocycles. The second-order valence-electron chi connectivity index (χ2n) is 13.3. The Balaban J connectivity index is 0.000000467. The fourth-order valence-corrected chi connectivity index (χ4v) is 24.5. The molecule has 4 nitrogen and oxygen atoms in total. The summed E-state index contributed by atoms with van der Waals surface area (Å²) in [5.41, 5.74) is 6.56. The van der Waals surface area contributed by atoms with Gasteiger partial charge in [-0.15, -0.1) is 0 Å². The Morgan fingerprint density at radius 1 is 0.522 bits per heavy atom. The van der Waals surface area contributed by atoms with E-state index in [1.165, 1.54) is 12.8 Å². The van der Waals surface area contributed by atoms with Crippen molar-refractivity contribution in [3.05, 3.63) is 71.4 Å². The Hall–Kier alpha value is -0.620. The van der Waals surface area contributed by atoms with Gasteiger partial charge in [0, 0.05) is 0 Å². The minimum atomic E-state index is -1.65. The third-order valence-electron chi connectivity index (χ3n) is 9.91. The van der Waals surface area contributed by atoms with Crippen molar-refractivity contribution in [3.8, 4) is 0 Å². The summed E-state index contributed by atoms with van der Waals surface area (Å²) >= 11 is -3.15. The van der Waals surface area contributed by atoms with Crippen LogP contribution in [-0.2, 0) is 0 Å². The Morgan fingerprint density at radius 2 is 0.848 bits per heavy atom. The summed E-state index contributed by atoms with van der Waals surface area (Å²) in [7, 11) is 0. The van der Waals surface area contributed by atoms with Crippen LogP contribution in [-0.4, -0.2) is 115 Å². The van der Waals surface area contributed by atoms with Crippen molar-refractivity contribution in [2.24, 2.45) is 0 Å². The molecule has 2 atom stereocenters. The SMILES string of the molecule is CCN(C=C1C=CCC(=CN(CC)CC)[CH]1[In]([CH3])[CH3])CC.CC[CH2][In]([CH2]CC)[CH]1C(=CN(CC)CC)C=CCC1=CN(CC)CC. The van der Waals surface area contributed by atoms with Crippen LogP contribution in [0.1, 0.15) is 94.9 Å². The molecule has 2 rings (SSSR count). The van der Waals surface area contributed by atoms with Crippen molar-refractivity contribution in [3.63, 3.8) is 0 Å². The number of allylic oxidation sites excluding steroid dienone is 8. The van der Waals surface area contributed by atoms with Crippen molar-refractivity contribution in [2.75, 3.05) is 52.4 Å². The average Bonchev–Trinajstić information content (AvgIpc) is 3.07. The topological polar surface area (TPSA) is 13.0 Å². The summed E-state index contributed by atoms with van der Waals surface area (Å²) in [6.07, 6.45) is 24.6. The number of hydrogen-bond acceptors (Lipinski definition) is 4. The summed E-state index contributed by atoms with van der Waals surface area (Å²) in [4.78, 5) is 9.86. The van der Waals surface area contributed by atoms with Gasteiger partial charge in [0.25, 0.3) is 0 Å². The monoisotopic (exact) mass is 840 g/mol. The molecule has 0 saturated heterocycles. The Morgan fingerprint density at radius 3 is 1.17 bits per heavy atom. The van der Waals surface area contributed by atoms with Crippen LogP contribution in [0.4, 0.5) is 0 Å². The van der Waals surface area contributed by atoms with Gasteiger partial charge in [0.05, 0.1) is 0 Å². The molecule has 0 amide bonds. The van der Waals surface area contributed by atoms with Gasteiger partial charge < -0.3 is 0 Å². The Kier molecular flexibility index (Phi) is 23.9. The van der Waals surface area contributed by atoms with Gasteiger partial charge in [-0.1, -0.05) is 0 Å². The van der Waals surface area contributed by atoms with E-state index in [4.69, 9.17) is 0 Å². The van der Waals surface area contributed by atoms with Crippen LogP contribution in [0, 0.1) is 0 Å². The van der Waals surface area contributed by atoms with Crippen LogP contribution >= 0.6 is 0 Å². The molecule has 0 aromatic carbocycles. The molecule has 0 fully saturated rings. The molecule has 2 unspecified atom stereocenters. The molecule has 0 N–H and O–H groups in total. The second-order valence-corrected chi connectivity index (χ2v) is 31.8. The third-order valence-corrected chi connectivity index (χ3v) is 28.6. The molecule has 0 aliphatic heterocycles. The van der Waals surface area contributed by atoms with Crippen LogP contribution in [0.2, 0.25) is 25.1 Å². The zero-order valence-electron chi connectivity index (χ0n) is 32.6. The van der Waals surface area contributed by atoms with Crippen LogP contribution in [0.5, 0.6) is 0 Å². The third kappa shape index (κ3) is 14.5. The van der Waals surface area contributed by atoms with E-state index in [0.29, 0.717) is 0 Å². The van der Waals surface area contributed by atoms with Gasteiger partial charge in [0.1, 0.15) is 0 Å². The molecule has 0 heterocycles. The Bertz CT molecular complexity index is 987. The van der Waals surface area contributed by atoms with Gasteiger partial charge in [-0.2, -0.15) is 0 Å². The number of hydrogen-bond donors (Lipinski definition) is 0. The van der Waals surface area contributed by atoms with Crippen LogP contribution in [0.25, 0.3) is 0 Å². The van der Waals surface area contributed by atoms with Crippen molar-refractivity contribution >= 4 is 42.9 Å². The molecule has 260 valence electrons. The van der Waals surface area contributed by atoms with E-state index in [1.54, 1.807) is 30.6 Å². The summed E-state index contributed by atoms with van der Waals surface area (Å²) in [6.45, 7) is 31.7. The first-order chi connectivity index (χ1) is 22.2. The molecule has 6 heteroatoms. The fraction of sp³-hybridized carbons (Fsp3) is 0.700. The van der Waals surface area contributed by atoms with E-state index in [0.717, 1.165) is 72.5 Å². The summed E-state index contributed by atoms with van der Waals surface area (Å²) < 4.78 is 9.75. The van der Waals surface area contributed by atoms with Crippen LogP contribution in [0.15, 0.2) is 71.4 Å². The maximum atomic E-state index is 2.55. The van der Waals surface area contributed by atoms with E-state index in [9.17, 15) is 0 Å². The molecule has 0 bridgehead atoms. The molecule has 0 saturated carbocycles. The van der Waals surface area contributed by atoms with E-state index >= 15 is 0 Å². The molecular formula is C40H74In2N4. The molecule has 46 heavy (non-hydrogen) atoms. The van der Waals surface area contributed by atoms with Crippen LogP contribution in [0.3, 0.4) is 0 Å². The number of nitrogens with zero attached hydrogens (tertiary/aromatic N) is 4. The maximum absolute atomic E-state index is 2.55. The predicted octanol–water partition coefficient (Wildman–Crippen LogP) is 10.6. The first-order valence-electron chi connectivity index (χ1n) is 19.3. The molecule has 0 aromatic rings. The first-order valence-corrected chi connectivity index (χ1v) is 34.4. The molecule has 2 aliphatic carbocycles. The normalized spacial score (nSPS) is 21.0. The first kappa shape index (κ1) is 43.4. The Labute approximate surface area is 303 Å². The zero-order chi connectivity index (χ0) is 34.5. The van der Waals surface area contributed by atoms with Gasteiger partial charge in [0.15, 0.2) is 0 Å². The van der Waals surface area contributed by atoms with E-state index in [2.05, 4.69) is 147 Å². The van der Waals surface area contributed by atoms with Crippen molar-refractivity contribution in [2.45, 2.75) is 120 Å². The number of rotatable bonds is 18. The summed E-state index contributed by atoms with van der Waals surface area (Å²) in [5.74, 6) is 0. The van der Waals surface area contributed by atoms with Gasteiger partial charge >= 0.3 is 306 Å². The summed E-state index contributed by atoms with van der Waals surface area (Å²) in [5, 5.41) is 0. The van der Waals surface area contributed by atoms with E-state index in [-0.39, 0.29) is 0 Å². The van der Waals surface area contributed by atoms with E-state index in [1.807, 2.05) is 0 Å². The van der Waals surface area contributed by atoms with E-state index < -0.39 is 42.9 Å². The van der Waals surface area contributed by atoms with Crippen molar-refractivity contribution in [1.29, 1.82) is 0 Å². The van der Waals surface area contributed by atoms with Gasteiger partial charge in [-0.3, -0.25) is 0 Å². The average molecular weight is 841 g/mol. The fourth-order valence-electron chi connectivity index (χ4n) is 7.19. The van der Waals surface area contributed by atoms with Gasteiger partial charge in [-0.05, 0) is 0 Å². The van der Waals surface area contributed by atoms with Crippen molar-refractivity contribution in [1.82, 2.24) is 19.6 Å². The molecule has 0 spiro atoms. The molecule has 0 radical (unpaired) electrons. The van der Waals surface area contributed by atoms with Gasteiger partial charge in [-0.25, -0.2) is 0 Å². The summed E-state index contributed by atoms with van der Waals surface area (Å²) in [6, 6.07) is 0.